The molecule has 0 saturated carbocycles. The molecule has 0 aliphatic heterocycles. The first-order valence-electron chi connectivity index (χ1n) is 9.27. The summed E-state index contributed by atoms with van der Waals surface area (Å²) in [6, 6.07) is 16.9. The molecular formula is C21H15N7O3S. The number of benzene rings is 2. The van der Waals surface area contributed by atoms with Crippen molar-refractivity contribution in [2.24, 2.45) is 10.2 Å². The molecule has 11 heteroatoms. The first kappa shape index (κ1) is 20.8. The number of nitrogens with zero attached hydrogens (tertiary/aromatic N) is 5. The van der Waals surface area contributed by atoms with Crippen LogP contribution in [0.3, 0.4) is 0 Å². The van der Waals surface area contributed by atoms with Crippen molar-refractivity contribution in [1.82, 2.24) is 15.4 Å². The second kappa shape index (κ2) is 9.53. The van der Waals surface area contributed by atoms with E-state index in [1.165, 1.54) is 42.1 Å². The van der Waals surface area contributed by atoms with Gasteiger partial charge in [-0.1, -0.05) is 30.3 Å². The van der Waals surface area contributed by atoms with Gasteiger partial charge < -0.3 is 0 Å². The Morgan fingerprint density at radius 2 is 1.97 bits per heavy atom. The van der Waals surface area contributed by atoms with Crippen LogP contribution in [0.2, 0.25) is 0 Å². The van der Waals surface area contributed by atoms with E-state index in [0.29, 0.717) is 16.3 Å². The highest BCUT2D eigenvalue weighted by molar-refractivity contribution is 7.13. The highest BCUT2D eigenvalue weighted by Crippen LogP contribution is 2.19. The van der Waals surface area contributed by atoms with E-state index in [2.05, 4.69) is 31.0 Å². The summed E-state index contributed by atoms with van der Waals surface area (Å²) in [4.78, 5) is 32.2. The molecule has 1 amide bonds. The van der Waals surface area contributed by atoms with Gasteiger partial charge in [0.15, 0.2) is 11.5 Å². The number of nitro benzene ring substituents is 1. The van der Waals surface area contributed by atoms with Crippen molar-refractivity contribution in [1.29, 1.82) is 0 Å². The van der Waals surface area contributed by atoms with Crippen LogP contribution in [0.15, 0.2) is 82.6 Å². The number of carbonyl (C=O) groups excluding carboxylic acids is 1. The number of hydrogen-bond acceptors (Lipinski definition) is 9. The predicted molar refractivity (Wildman–Crippen MR) is 123 cm³/mol. The van der Waals surface area contributed by atoms with Crippen molar-refractivity contribution in [2.45, 2.75) is 0 Å². The minimum Gasteiger partial charge on any atom is -0.265 e. The fourth-order valence-corrected chi connectivity index (χ4v) is 3.48. The number of thiophene rings is 1. The Balaban J connectivity index is 1.55. The van der Waals surface area contributed by atoms with Crippen molar-refractivity contribution >= 4 is 51.6 Å². The molecule has 4 rings (SSSR count). The van der Waals surface area contributed by atoms with Gasteiger partial charge in [-0.15, -0.1) is 11.3 Å². The summed E-state index contributed by atoms with van der Waals surface area (Å²) in [6.07, 6.45) is 2.73. The summed E-state index contributed by atoms with van der Waals surface area (Å²) in [6.45, 7) is 0. The Kier molecular flexibility index (Phi) is 6.18. The first-order chi connectivity index (χ1) is 15.6. The zero-order chi connectivity index (χ0) is 22.3. The zero-order valence-corrected chi connectivity index (χ0v) is 17.2. The maximum absolute atomic E-state index is 12.8. The summed E-state index contributed by atoms with van der Waals surface area (Å²) in [5.74, 6) is -0.0995. The van der Waals surface area contributed by atoms with Crippen LogP contribution in [-0.2, 0) is 4.79 Å². The number of nitrogens with one attached hydrogen (secondary N) is 2. The molecule has 32 heavy (non-hydrogen) atoms. The summed E-state index contributed by atoms with van der Waals surface area (Å²) in [5.41, 5.74) is 6.50. The molecule has 2 heterocycles. The minimum atomic E-state index is -0.556. The largest absolute Gasteiger partial charge is 0.293 e. The van der Waals surface area contributed by atoms with Gasteiger partial charge >= 0.3 is 0 Å². The summed E-state index contributed by atoms with van der Waals surface area (Å²) in [5, 5.41) is 21.6. The average molecular weight is 445 g/mol. The van der Waals surface area contributed by atoms with Crippen LogP contribution in [0.1, 0.15) is 10.4 Å². The van der Waals surface area contributed by atoms with Crippen LogP contribution in [-0.4, -0.2) is 32.7 Å². The number of fused-ring (bicyclic) bond motifs is 1. The number of aromatic nitrogens is 2. The van der Waals surface area contributed by atoms with Crippen LogP contribution < -0.4 is 10.9 Å². The number of hydrazone groups is 2. The van der Waals surface area contributed by atoms with Gasteiger partial charge in [0.05, 0.1) is 21.5 Å². The molecule has 2 aromatic heterocycles. The maximum Gasteiger partial charge on any atom is 0.293 e. The van der Waals surface area contributed by atoms with Crippen molar-refractivity contribution in [3.8, 4) is 0 Å². The highest BCUT2D eigenvalue weighted by Gasteiger charge is 2.15. The molecule has 0 bridgehead atoms. The minimum absolute atomic E-state index is 0.0672. The molecule has 0 aliphatic rings. The average Bonchev–Trinajstić information content (AvgIpc) is 3.34. The molecule has 0 saturated heterocycles. The lowest BCUT2D eigenvalue weighted by Gasteiger charge is -2.06. The number of anilines is 1. The van der Waals surface area contributed by atoms with E-state index < -0.39 is 10.8 Å². The van der Waals surface area contributed by atoms with Crippen LogP contribution in [0.4, 0.5) is 11.5 Å². The van der Waals surface area contributed by atoms with E-state index in [4.69, 9.17) is 0 Å². The van der Waals surface area contributed by atoms with Gasteiger partial charge in [-0.3, -0.25) is 20.3 Å². The van der Waals surface area contributed by atoms with Crippen molar-refractivity contribution in [2.75, 3.05) is 5.43 Å². The number of amides is 1. The molecule has 0 atom stereocenters. The Labute approximate surface area is 185 Å². The van der Waals surface area contributed by atoms with E-state index in [1.54, 1.807) is 18.2 Å². The van der Waals surface area contributed by atoms with E-state index >= 15 is 0 Å². The quantitative estimate of drug-likeness (QED) is 0.254. The Hall–Kier alpha value is -4.51. The van der Waals surface area contributed by atoms with Crippen LogP contribution in [0.25, 0.3) is 10.9 Å². The molecule has 0 spiro atoms. The SMILES string of the molecule is O=C(N/N=C/c1cccc([N+](=O)[O-])c1)/C(=N/Nc1ncnc2ccccc12)c1cccs1. The van der Waals surface area contributed by atoms with E-state index in [1.807, 2.05) is 29.6 Å². The second-order valence-corrected chi connectivity index (χ2v) is 7.29. The molecule has 0 fully saturated rings. The summed E-state index contributed by atoms with van der Waals surface area (Å²) < 4.78 is 0. The molecule has 0 unspecified atom stereocenters. The summed E-state index contributed by atoms with van der Waals surface area (Å²) in [7, 11) is 0. The van der Waals surface area contributed by atoms with Crippen LogP contribution in [0.5, 0.6) is 0 Å². The van der Waals surface area contributed by atoms with Gasteiger partial charge in [0.2, 0.25) is 0 Å². The van der Waals surface area contributed by atoms with Gasteiger partial charge in [0, 0.05) is 23.1 Å². The fraction of sp³-hybridized carbons (Fsp3) is 0. The van der Waals surface area contributed by atoms with Crippen molar-refractivity contribution in [3.63, 3.8) is 0 Å². The molecule has 0 aliphatic carbocycles. The van der Waals surface area contributed by atoms with Gasteiger partial charge in [-0.05, 0) is 23.6 Å². The van der Waals surface area contributed by atoms with E-state index in [9.17, 15) is 14.9 Å². The summed E-state index contributed by atoms with van der Waals surface area (Å²) >= 11 is 1.34. The number of para-hydroxylation sites is 1. The lowest BCUT2D eigenvalue weighted by atomic mass is 10.2. The highest BCUT2D eigenvalue weighted by atomic mass is 32.1. The Bertz CT molecular complexity index is 1330. The maximum atomic E-state index is 12.8. The molecule has 2 aromatic carbocycles. The van der Waals surface area contributed by atoms with Crippen molar-refractivity contribution in [3.05, 3.63) is 92.9 Å². The normalized spacial score (nSPS) is 11.6. The lowest BCUT2D eigenvalue weighted by Crippen LogP contribution is -2.28. The van der Waals surface area contributed by atoms with Gasteiger partial charge in [0.25, 0.3) is 11.6 Å². The van der Waals surface area contributed by atoms with E-state index in [0.717, 1.165) is 10.9 Å². The fourth-order valence-electron chi connectivity index (χ4n) is 2.77. The third kappa shape index (κ3) is 4.79. The molecule has 4 aromatic rings. The molecule has 2 N–H and O–H groups in total. The number of nitro groups is 1. The predicted octanol–water partition coefficient (Wildman–Crippen LogP) is 3.57. The molecule has 158 valence electrons. The van der Waals surface area contributed by atoms with Gasteiger partial charge in [-0.2, -0.15) is 10.2 Å². The standard InChI is InChI=1S/C21H15N7O3S/c29-21(27-24-12-14-5-3-6-15(11-14)28(30)31)19(18-9-4-10-32-18)25-26-20-16-7-1-2-8-17(16)22-13-23-20/h1-13H,(H,27,29)(H,22,23,26)/b24-12+,25-19+. The first-order valence-corrected chi connectivity index (χ1v) is 10.1. The van der Waals surface area contributed by atoms with Gasteiger partial charge in [0.1, 0.15) is 6.33 Å². The lowest BCUT2D eigenvalue weighted by molar-refractivity contribution is -0.384. The molecule has 10 nitrogen and oxygen atoms in total. The smallest absolute Gasteiger partial charge is 0.265 e. The second-order valence-electron chi connectivity index (χ2n) is 6.34. The van der Waals surface area contributed by atoms with E-state index in [-0.39, 0.29) is 11.4 Å². The number of rotatable bonds is 7. The third-order valence-corrected chi connectivity index (χ3v) is 5.12. The molecule has 0 radical (unpaired) electrons. The molecular weight excluding hydrogens is 430 g/mol. The topological polar surface area (TPSA) is 135 Å². The Morgan fingerprint density at radius 1 is 1.09 bits per heavy atom. The van der Waals surface area contributed by atoms with Crippen molar-refractivity contribution < 1.29 is 9.72 Å². The van der Waals surface area contributed by atoms with Crippen LogP contribution >= 0.6 is 11.3 Å². The third-order valence-electron chi connectivity index (χ3n) is 4.25. The number of carbonyl (C=O) groups is 1. The van der Waals surface area contributed by atoms with Gasteiger partial charge in [-0.25, -0.2) is 15.4 Å². The number of hydrogen-bond donors (Lipinski definition) is 2. The number of non-ortho nitro benzene ring substituents is 1. The Morgan fingerprint density at radius 3 is 2.78 bits per heavy atom. The zero-order valence-electron chi connectivity index (χ0n) is 16.4. The monoisotopic (exact) mass is 445 g/mol. The van der Waals surface area contributed by atoms with Crippen LogP contribution in [0, 0.1) is 10.1 Å².